The van der Waals surface area contributed by atoms with Crippen LogP contribution in [0.3, 0.4) is 0 Å². The van der Waals surface area contributed by atoms with Crippen LogP contribution < -0.4 is 16.6 Å². The van der Waals surface area contributed by atoms with E-state index in [0.717, 1.165) is 49.7 Å². The molecule has 8 heteroatoms. The summed E-state index contributed by atoms with van der Waals surface area (Å²) < 4.78 is 6.05. The minimum atomic E-state index is 0.568. The van der Waals surface area contributed by atoms with Gasteiger partial charge in [-0.1, -0.05) is 0 Å². The normalized spacial score (nSPS) is 16.6. The van der Waals surface area contributed by atoms with E-state index in [9.17, 15) is 0 Å². The van der Waals surface area contributed by atoms with Crippen LogP contribution in [0.4, 0.5) is 11.6 Å². The molecular weight excluding hydrogens is 300 g/mol. The highest BCUT2D eigenvalue weighted by Gasteiger charge is 2.11. The van der Waals surface area contributed by atoms with Crippen LogP contribution in [-0.2, 0) is 4.74 Å². The van der Waals surface area contributed by atoms with Crippen molar-refractivity contribution in [2.24, 2.45) is 5.84 Å². The van der Waals surface area contributed by atoms with Gasteiger partial charge in [-0.2, -0.15) is 0 Å². The summed E-state index contributed by atoms with van der Waals surface area (Å²) in [7, 11) is 0. The lowest BCUT2D eigenvalue weighted by Gasteiger charge is -2.26. The third kappa shape index (κ3) is 3.52. The average molecular weight is 317 g/mol. The number of morpholine rings is 1. The second-order valence-electron chi connectivity index (χ2n) is 3.91. The molecule has 0 aliphatic carbocycles. The topological polar surface area (TPSA) is 88.3 Å². The fraction of sp³-hybridized carbons (Fsp3) is 0.600. The lowest BCUT2D eigenvalue weighted by atomic mass is 10.4. The van der Waals surface area contributed by atoms with E-state index in [1.54, 1.807) is 0 Å². The number of rotatable bonds is 5. The molecule has 18 heavy (non-hydrogen) atoms. The van der Waals surface area contributed by atoms with Crippen LogP contribution in [-0.4, -0.2) is 54.3 Å². The number of ether oxygens (including phenoxy) is 1. The molecule has 0 aromatic carbocycles. The first-order chi connectivity index (χ1) is 8.81. The maximum atomic E-state index is 5.34. The fourth-order valence-electron chi connectivity index (χ4n) is 1.75. The predicted octanol–water partition coefficient (Wildman–Crippen LogP) is 0.269. The Morgan fingerprint density at radius 1 is 1.33 bits per heavy atom. The summed E-state index contributed by atoms with van der Waals surface area (Å²) in [6, 6.07) is 0. The SMILES string of the molecule is NNc1ncnc(NCCN2CCOCC2)c1Br. The Morgan fingerprint density at radius 2 is 2.06 bits per heavy atom. The van der Waals surface area contributed by atoms with Crippen LogP contribution in [0.15, 0.2) is 10.8 Å². The van der Waals surface area contributed by atoms with Gasteiger partial charge in [-0.3, -0.25) is 4.90 Å². The number of nitrogens with zero attached hydrogens (tertiary/aromatic N) is 3. The second kappa shape index (κ2) is 6.83. The van der Waals surface area contributed by atoms with Gasteiger partial charge in [-0.25, -0.2) is 15.8 Å². The van der Waals surface area contributed by atoms with E-state index in [1.807, 2.05) is 0 Å². The maximum absolute atomic E-state index is 5.34. The van der Waals surface area contributed by atoms with Crippen molar-refractivity contribution in [3.63, 3.8) is 0 Å². The smallest absolute Gasteiger partial charge is 0.159 e. The molecule has 0 radical (unpaired) electrons. The van der Waals surface area contributed by atoms with Crippen molar-refractivity contribution in [3.05, 3.63) is 10.8 Å². The number of hydrazine groups is 1. The molecule has 1 aromatic heterocycles. The van der Waals surface area contributed by atoms with Crippen LogP contribution in [0, 0.1) is 0 Å². The Morgan fingerprint density at radius 3 is 2.78 bits per heavy atom. The Bertz CT molecular complexity index is 385. The minimum Gasteiger partial charge on any atom is -0.379 e. The summed E-state index contributed by atoms with van der Waals surface area (Å²) in [6.07, 6.45) is 1.47. The molecule has 0 unspecified atom stereocenters. The molecule has 0 spiro atoms. The van der Waals surface area contributed by atoms with E-state index >= 15 is 0 Å². The first-order valence-electron chi connectivity index (χ1n) is 5.82. The zero-order valence-electron chi connectivity index (χ0n) is 10.0. The molecule has 0 bridgehead atoms. The van der Waals surface area contributed by atoms with Crippen LogP contribution in [0.2, 0.25) is 0 Å². The zero-order valence-corrected chi connectivity index (χ0v) is 11.6. The summed E-state index contributed by atoms with van der Waals surface area (Å²) in [6.45, 7) is 5.39. The van der Waals surface area contributed by atoms with Crippen LogP contribution in [0.25, 0.3) is 0 Å². The van der Waals surface area contributed by atoms with Crippen molar-refractivity contribution in [2.45, 2.75) is 0 Å². The number of anilines is 2. The van der Waals surface area contributed by atoms with Crippen LogP contribution in [0.1, 0.15) is 0 Å². The van der Waals surface area contributed by atoms with Gasteiger partial charge in [0, 0.05) is 26.2 Å². The maximum Gasteiger partial charge on any atom is 0.159 e. The highest BCUT2D eigenvalue weighted by molar-refractivity contribution is 9.10. The lowest BCUT2D eigenvalue weighted by molar-refractivity contribution is 0.0398. The quantitative estimate of drug-likeness (QED) is 0.530. The Hall–Kier alpha value is -0.960. The average Bonchev–Trinajstić information content (AvgIpc) is 2.42. The van der Waals surface area contributed by atoms with Gasteiger partial charge in [0.2, 0.25) is 0 Å². The molecule has 0 atom stereocenters. The molecule has 1 fully saturated rings. The summed E-state index contributed by atoms with van der Waals surface area (Å²) in [5.74, 6) is 6.66. The third-order valence-electron chi connectivity index (χ3n) is 2.75. The number of aromatic nitrogens is 2. The fourth-order valence-corrected chi connectivity index (χ4v) is 2.21. The van der Waals surface area contributed by atoms with Gasteiger partial charge >= 0.3 is 0 Å². The monoisotopic (exact) mass is 316 g/mol. The van der Waals surface area contributed by atoms with Crippen LogP contribution in [0.5, 0.6) is 0 Å². The Kier molecular flexibility index (Phi) is 5.12. The number of nitrogens with two attached hydrogens (primary N) is 1. The number of hydrogen-bond donors (Lipinski definition) is 3. The van der Waals surface area contributed by atoms with Crippen molar-refractivity contribution in [3.8, 4) is 0 Å². The largest absolute Gasteiger partial charge is 0.379 e. The highest BCUT2D eigenvalue weighted by Crippen LogP contribution is 2.25. The Balaban J connectivity index is 1.82. The molecule has 7 nitrogen and oxygen atoms in total. The molecule has 2 heterocycles. The molecule has 1 saturated heterocycles. The van der Waals surface area contributed by atoms with Gasteiger partial charge in [-0.15, -0.1) is 0 Å². The van der Waals surface area contributed by atoms with Crippen molar-refractivity contribution < 1.29 is 4.74 Å². The molecule has 1 aromatic rings. The summed E-state index contributed by atoms with van der Waals surface area (Å²) in [5, 5.41) is 3.26. The number of nitrogens with one attached hydrogen (secondary N) is 2. The van der Waals surface area contributed by atoms with E-state index in [1.165, 1.54) is 6.33 Å². The summed E-state index contributed by atoms with van der Waals surface area (Å²) >= 11 is 3.40. The summed E-state index contributed by atoms with van der Waals surface area (Å²) in [5.41, 5.74) is 2.51. The lowest BCUT2D eigenvalue weighted by Crippen LogP contribution is -2.39. The number of halogens is 1. The second-order valence-corrected chi connectivity index (χ2v) is 4.70. The van der Waals surface area contributed by atoms with Gasteiger partial charge in [0.15, 0.2) is 5.82 Å². The third-order valence-corrected chi connectivity index (χ3v) is 3.50. The van der Waals surface area contributed by atoms with E-state index < -0.39 is 0 Å². The molecule has 4 N–H and O–H groups in total. The Labute approximate surface area is 114 Å². The first kappa shape index (κ1) is 13.5. The van der Waals surface area contributed by atoms with E-state index in [4.69, 9.17) is 10.6 Å². The van der Waals surface area contributed by atoms with Gasteiger partial charge in [0.05, 0.1) is 13.2 Å². The van der Waals surface area contributed by atoms with E-state index in [-0.39, 0.29) is 0 Å². The van der Waals surface area contributed by atoms with Crippen LogP contribution >= 0.6 is 15.9 Å². The van der Waals surface area contributed by atoms with Crippen molar-refractivity contribution in [1.29, 1.82) is 0 Å². The van der Waals surface area contributed by atoms with Gasteiger partial charge in [-0.05, 0) is 15.9 Å². The molecule has 0 amide bonds. The van der Waals surface area contributed by atoms with Gasteiger partial charge in [0.1, 0.15) is 16.6 Å². The van der Waals surface area contributed by atoms with Gasteiger partial charge in [0.25, 0.3) is 0 Å². The molecule has 1 aliphatic heterocycles. The number of hydrogen-bond acceptors (Lipinski definition) is 7. The molecule has 100 valence electrons. The predicted molar refractivity (Wildman–Crippen MR) is 73.3 cm³/mol. The standard InChI is InChI=1S/C10H17BrN6O/c11-8-9(14-7-15-10(8)16-12)13-1-2-17-3-5-18-6-4-17/h7H,1-6,12H2,(H2,13,14,15,16). The zero-order chi connectivity index (χ0) is 12.8. The highest BCUT2D eigenvalue weighted by atomic mass is 79.9. The molecule has 1 aliphatic rings. The van der Waals surface area contributed by atoms with Crippen molar-refractivity contribution >= 4 is 27.6 Å². The first-order valence-corrected chi connectivity index (χ1v) is 6.61. The number of nitrogen functional groups attached to an aromatic ring is 1. The van der Waals surface area contributed by atoms with Gasteiger partial charge < -0.3 is 15.5 Å². The molecule has 2 rings (SSSR count). The van der Waals surface area contributed by atoms with E-state index in [2.05, 4.69) is 41.5 Å². The van der Waals surface area contributed by atoms with Crippen molar-refractivity contribution in [1.82, 2.24) is 14.9 Å². The van der Waals surface area contributed by atoms with Crippen molar-refractivity contribution in [2.75, 3.05) is 50.1 Å². The molecule has 0 saturated carbocycles. The molecular formula is C10H17BrN6O. The van der Waals surface area contributed by atoms with E-state index in [0.29, 0.717) is 5.82 Å². The minimum absolute atomic E-state index is 0.568. The summed E-state index contributed by atoms with van der Waals surface area (Å²) in [4.78, 5) is 10.5.